The number of hydrogen-bond donors (Lipinski definition) is 0. The maximum atomic E-state index is 12.6. The van der Waals surface area contributed by atoms with Crippen LogP contribution in [0.5, 0.6) is 0 Å². The number of carbonyl (C=O) groups excluding carboxylic acids is 1. The van der Waals surface area contributed by atoms with Crippen molar-refractivity contribution in [3.05, 3.63) is 72.1 Å². The summed E-state index contributed by atoms with van der Waals surface area (Å²) in [4.78, 5) is 16.9. The van der Waals surface area contributed by atoms with Crippen LogP contribution in [0.2, 0.25) is 0 Å². The Morgan fingerprint density at radius 3 is 2.29 bits per heavy atom. The van der Waals surface area contributed by atoms with Crippen molar-refractivity contribution >= 4 is 24.2 Å². The number of pyridine rings is 1. The first-order valence-electron chi connectivity index (χ1n) is 7.02. The van der Waals surface area contributed by atoms with Crippen LogP contribution in [-0.2, 0) is 17.5 Å². The van der Waals surface area contributed by atoms with E-state index in [1.54, 1.807) is 18.2 Å². The van der Waals surface area contributed by atoms with E-state index >= 15 is 0 Å². The molecule has 24 heavy (non-hydrogen) atoms. The molecule has 124 valence electrons. The molecule has 0 saturated carbocycles. The van der Waals surface area contributed by atoms with Crippen molar-refractivity contribution in [3.8, 4) is 0 Å². The molecule has 1 heterocycles. The van der Waals surface area contributed by atoms with Crippen molar-refractivity contribution in [1.29, 1.82) is 0 Å². The number of benzene rings is 1. The summed E-state index contributed by atoms with van der Waals surface area (Å²) in [5, 5.41) is 0. The van der Waals surface area contributed by atoms with Gasteiger partial charge in [-0.1, -0.05) is 31.4 Å². The maximum absolute atomic E-state index is 12.6. The summed E-state index contributed by atoms with van der Waals surface area (Å²) in [6.45, 7) is 7.46. The van der Waals surface area contributed by atoms with E-state index < -0.39 is 11.7 Å². The lowest BCUT2D eigenvalue weighted by Gasteiger charge is -2.18. The zero-order valence-corrected chi connectivity index (χ0v) is 12.8. The summed E-state index contributed by atoms with van der Waals surface area (Å²) >= 11 is 0. The Balaban J connectivity index is 2.25. The van der Waals surface area contributed by atoms with E-state index in [0.717, 1.165) is 12.1 Å². The van der Waals surface area contributed by atoms with Crippen molar-refractivity contribution < 1.29 is 18.0 Å². The molecule has 0 unspecified atom stereocenters. The van der Waals surface area contributed by atoms with Crippen molar-refractivity contribution in [3.63, 3.8) is 0 Å². The molecule has 0 spiro atoms. The second-order valence-corrected chi connectivity index (χ2v) is 5.00. The molecule has 3 nitrogen and oxygen atoms in total. The standard InChI is InChI=1S/C18H15F3N2O/c1-3-14-9-16(10-22-17(14)4-2)23(12-24)11-13-5-7-15(8-6-13)18(19,20)21/h3-10,12H,1-2,11H2. The van der Waals surface area contributed by atoms with Gasteiger partial charge in [0.15, 0.2) is 0 Å². The molecule has 0 aliphatic rings. The fourth-order valence-corrected chi connectivity index (χ4v) is 2.16. The molecule has 1 aromatic carbocycles. The molecule has 0 saturated heterocycles. The predicted octanol–water partition coefficient (Wildman–Crippen LogP) is 4.55. The summed E-state index contributed by atoms with van der Waals surface area (Å²) in [6, 6.07) is 6.40. The number of aromatic nitrogens is 1. The fraction of sp³-hybridized carbons (Fsp3) is 0.111. The monoisotopic (exact) mass is 332 g/mol. The molecule has 0 aliphatic heterocycles. The number of anilines is 1. The quantitative estimate of drug-likeness (QED) is 0.727. The highest BCUT2D eigenvalue weighted by atomic mass is 19.4. The molecule has 1 aromatic heterocycles. The normalized spacial score (nSPS) is 11.0. The van der Waals surface area contributed by atoms with Gasteiger partial charge in [-0.15, -0.1) is 0 Å². The van der Waals surface area contributed by atoms with Gasteiger partial charge >= 0.3 is 6.18 Å². The molecule has 2 aromatic rings. The van der Waals surface area contributed by atoms with Gasteiger partial charge in [0.25, 0.3) is 0 Å². The fourth-order valence-electron chi connectivity index (χ4n) is 2.16. The molecule has 0 radical (unpaired) electrons. The molecule has 0 aliphatic carbocycles. The van der Waals surface area contributed by atoms with Crippen LogP contribution in [0.25, 0.3) is 12.2 Å². The lowest BCUT2D eigenvalue weighted by atomic mass is 10.1. The zero-order chi connectivity index (χ0) is 17.7. The smallest absolute Gasteiger partial charge is 0.309 e. The van der Waals surface area contributed by atoms with Gasteiger partial charge < -0.3 is 4.90 Å². The Labute approximate surface area is 137 Å². The second-order valence-electron chi connectivity index (χ2n) is 5.00. The van der Waals surface area contributed by atoms with Crippen LogP contribution in [0.1, 0.15) is 22.4 Å². The number of alkyl halides is 3. The molecule has 2 rings (SSSR count). The van der Waals surface area contributed by atoms with Crippen molar-refractivity contribution in [2.45, 2.75) is 12.7 Å². The van der Waals surface area contributed by atoms with Crippen LogP contribution in [0.15, 0.2) is 49.7 Å². The maximum Gasteiger partial charge on any atom is 0.416 e. The number of rotatable bonds is 6. The van der Waals surface area contributed by atoms with Gasteiger partial charge in [-0.25, -0.2) is 0 Å². The van der Waals surface area contributed by atoms with Gasteiger partial charge in [-0.3, -0.25) is 9.78 Å². The molecule has 0 fully saturated rings. The molecule has 0 N–H and O–H groups in total. The highest BCUT2D eigenvalue weighted by Crippen LogP contribution is 2.29. The van der Waals surface area contributed by atoms with Crippen molar-refractivity contribution in [2.24, 2.45) is 0 Å². The van der Waals surface area contributed by atoms with Crippen LogP contribution in [0, 0.1) is 0 Å². The van der Waals surface area contributed by atoms with E-state index in [1.165, 1.54) is 23.2 Å². The minimum Gasteiger partial charge on any atom is -0.309 e. The molecular formula is C18H15F3N2O. The molecule has 0 bridgehead atoms. The predicted molar refractivity (Wildman–Crippen MR) is 88.1 cm³/mol. The lowest BCUT2D eigenvalue weighted by molar-refractivity contribution is -0.137. The van der Waals surface area contributed by atoms with Crippen molar-refractivity contribution in [2.75, 3.05) is 4.90 Å². The van der Waals surface area contributed by atoms with E-state index in [4.69, 9.17) is 0 Å². The van der Waals surface area contributed by atoms with Gasteiger partial charge in [-0.2, -0.15) is 13.2 Å². The molecular weight excluding hydrogens is 317 g/mol. The Kier molecular flexibility index (Phi) is 5.18. The number of nitrogens with zero attached hydrogens (tertiary/aromatic N) is 2. The lowest BCUT2D eigenvalue weighted by Crippen LogP contribution is -2.21. The van der Waals surface area contributed by atoms with Gasteiger partial charge in [-0.05, 0) is 29.8 Å². The first-order chi connectivity index (χ1) is 11.4. The molecule has 1 amide bonds. The Hall–Kier alpha value is -2.89. The summed E-state index contributed by atoms with van der Waals surface area (Å²) in [5.74, 6) is 0. The van der Waals surface area contributed by atoms with Gasteiger partial charge in [0, 0.05) is 5.56 Å². The zero-order valence-electron chi connectivity index (χ0n) is 12.8. The van der Waals surface area contributed by atoms with Gasteiger partial charge in [0.05, 0.1) is 29.7 Å². The number of amides is 1. The molecule has 0 atom stereocenters. The first kappa shape index (κ1) is 17.5. The average Bonchev–Trinajstić information content (AvgIpc) is 2.58. The third-order valence-electron chi connectivity index (χ3n) is 3.44. The largest absolute Gasteiger partial charge is 0.416 e. The van der Waals surface area contributed by atoms with Crippen LogP contribution in [-0.4, -0.2) is 11.4 Å². The van der Waals surface area contributed by atoms with Crippen LogP contribution >= 0.6 is 0 Å². The number of hydrogen-bond acceptors (Lipinski definition) is 2. The minimum atomic E-state index is -4.38. The summed E-state index contributed by atoms with van der Waals surface area (Å²) < 4.78 is 37.7. The highest BCUT2D eigenvalue weighted by Gasteiger charge is 2.29. The summed E-state index contributed by atoms with van der Waals surface area (Å²) in [7, 11) is 0. The topological polar surface area (TPSA) is 33.2 Å². The first-order valence-corrected chi connectivity index (χ1v) is 7.02. The van der Waals surface area contributed by atoms with E-state index in [2.05, 4.69) is 18.1 Å². The van der Waals surface area contributed by atoms with Crippen molar-refractivity contribution in [1.82, 2.24) is 4.98 Å². The van der Waals surface area contributed by atoms with E-state index in [-0.39, 0.29) is 6.54 Å². The second kappa shape index (κ2) is 7.12. The Bertz CT molecular complexity index is 752. The van der Waals surface area contributed by atoms with Gasteiger partial charge in [0.1, 0.15) is 0 Å². The Morgan fingerprint density at radius 1 is 1.12 bits per heavy atom. The SMILES string of the molecule is C=Cc1cc(N(C=O)Cc2ccc(C(F)(F)F)cc2)cnc1C=C. The highest BCUT2D eigenvalue weighted by molar-refractivity contribution is 5.77. The average molecular weight is 332 g/mol. The molecule has 6 heteroatoms. The van der Waals surface area contributed by atoms with Crippen LogP contribution < -0.4 is 4.90 Å². The number of halogens is 3. The van der Waals surface area contributed by atoms with E-state index in [9.17, 15) is 18.0 Å². The van der Waals surface area contributed by atoms with Crippen LogP contribution in [0.3, 0.4) is 0 Å². The third-order valence-corrected chi connectivity index (χ3v) is 3.44. The summed E-state index contributed by atoms with van der Waals surface area (Å²) in [5.41, 5.74) is 1.71. The minimum absolute atomic E-state index is 0.132. The number of carbonyl (C=O) groups is 1. The van der Waals surface area contributed by atoms with E-state index in [0.29, 0.717) is 28.9 Å². The van der Waals surface area contributed by atoms with Gasteiger partial charge in [0.2, 0.25) is 6.41 Å². The Morgan fingerprint density at radius 2 is 1.79 bits per heavy atom. The van der Waals surface area contributed by atoms with Crippen LogP contribution in [0.4, 0.5) is 18.9 Å². The van der Waals surface area contributed by atoms with E-state index in [1.807, 2.05) is 0 Å². The summed E-state index contributed by atoms with van der Waals surface area (Å²) in [6.07, 6.45) is 0.889. The third kappa shape index (κ3) is 3.90.